The maximum absolute atomic E-state index is 7.53. The summed E-state index contributed by atoms with van der Waals surface area (Å²) in [6, 6.07) is 112. The van der Waals surface area contributed by atoms with Crippen LogP contribution in [0.3, 0.4) is 0 Å². The van der Waals surface area contributed by atoms with E-state index in [4.69, 9.17) is 9.47 Å². The quantitative estimate of drug-likeness (QED) is 0.0897. The minimum atomic E-state index is -0.169. The van der Waals surface area contributed by atoms with Crippen LogP contribution in [0.1, 0.15) is 101 Å². The Labute approximate surface area is 610 Å². The van der Waals surface area contributed by atoms with Gasteiger partial charge in [0, 0.05) is 0 Å². The van der Waals surface area contributed by atoms with Gasteiger partial charge >= 0.3 is 0 Å². The molecule has 0 fully saturated rings. The van der Waals surface area contributed by atoms with Crippen LogP contribution >= 0.6 is 0 Å². The number of fused-ring (bicyclic) bond motifs is 8. The van der Waals surface area contributed by atoms with Crippen LogP contribution in [0, 0.1) is 0 Å². The van der Waals surface area contributed by atoms with E-state index in [1.807, 2.05) is 0 Å². The van der Waals surface area contributed by atoms with E-state index in [2.05, 4.69) is 347 Å². The molecule has 0 atom stereocenters. The molecule has 4 aliphatic rings. The van der Waals surface area contributed by atoms with E-state index >= 15 is 0 Å². The first-order chi connectivity index (χ1) is 50.9. The smallest absolute Gasteiger partial charge is 0.252 e. The van der Waals surface area contributed by atoms with E-state index in [9.17, 15) is 0 Å². The molecule has 494 valence electrons. The van der Waals surface area contributed by atoms with Crippen molar-refractivity contribution >= 4 is 78.5 Å². The molecule has 0 bridgehead atoms. The van der Waals surface area contributed by atoms with Gasteiger partial charge < -0.3 is 9.47 Å². The molecule has 4 heterocycles. The largest absolute Gasteiger partial charge is 0.458 e. The summed E-state index contributed by atoms with van der Waals surface area (Å²) in [6.45, 7) is 18.2. The lowest BCUT2D eigenvalue weighted by Gasteiger charge is -2.38. The van der Waals surface area contributed by atoms with Gasteiger partial charge in [-0.2, -0.15) is 0 Å². The van der Waals surface area contributed by atoms with Crippen molar-refractivity contribution in [3.63, 3.8) is 0 Å². The van der Waals surface area contributed by atoms with Crippen LogP contribution < -0.4 is 42.3 Å². The van der Waals surface area contributed by atoms with Gasteiger partial charge in [0.25, 0.3) is 13.4 Å². The third kappa shape index (κ3) is 9.57. The van der Waals surface area contributed by atoms with Crippen molar-refractivity contribution < 1.29 is 9.47 Å². The zero-order valence-electron chi connectivity index (χ0n) is 60.0. The molecule has 4 aliphatic heterocycles. The summed E-state index contributed by atoms with van der Waals surface area (Å²) >= 11 is 0. The van der Waals surface area contributed by atoms with Gasteiger partial charge in [-0.3, -0.25) is 0 Å². The first-order valence-electron chi connectivity index (χ1n) is 37.4. The second-order valence-corrected chi connectivity index (χ2v) is 30.8. The Morgan fingerprint density at radius 2 is 0.510 bits per heavy atom. The lowest BCUT2D eigenvalue weighted by molar-refractivity contribution is 0.485. The zero-order valence-corrected chi connectivity index (χ0v) is 60.0. The average Bonchev–Trinajstić information content (AvgIpc) is 0.664. The fraction of sp³-hybridized carbons (Fsp3) is 0.120. The number of ether oxygens (including phenoxy) is 2. The normalized spacial score (nSPS) is 12.9. The van der Waals surface area contributed by atoms with Crippen molar-refractivity contribution in [2.75, 3.05) is 0 Å². The van der Waals surface area contributed by atoms with Gasteiger partial charge in [-0.25, -0.2) is 0 Å². The summed E-state index contributed by atoms with van der Waals surface area (Å²) in [7, 11) is 0. The molecule has 2 nitrogen and oxygen atoms in total. The molecule has 16 aromatic carbocycles. The fourth-order valence-corrected chi connectivity index (χ4v) is 18.2. The van der Waals surface area contributed by atoms with Gasteiger partial charge in [0.1, 0.15) is 23.0 Å². The molecule has 0 radical (unpaired) electrons. The van der Waals surface area contributed by atoms with Crippen molar-refractivity contribution in [1.29, 1.82) is 0 Å². The number of hydrogen-bond acceptors (Lipinski definition) is 2. The van der Waals surface area contributed by atoms with E-state index in [1.54, 1.807) is 0 Å². The molecule has 4 heteroatoms. The Morgan fingerprint density at radius 3 is 0.817 bits per heavy atom. The summed E-state index contributed by atoms with van der Waals surface area (Å²) < 4.78 is 15.1. The third-order valence-corrected chi connectivity index (χ3v) is 23.4. The third-order valence-electron chi connectivity index (χ3n) is 23.4. The monoisotopic (exact) mass is 1330 g/mol. The predicted octanol–water partition coefficient (Wildman–Crippen LogP) is 23.6. The summed E-state index contributed by atoms with van der Waals surface area (Å²) in [5, 5.41) is 7.66. The Kier molecular flexibility index (Phi) is 14.3. The van der Waals surface area contributed by atoms with E-state index in [-0.39, 0.29) is 25.3 Å². The van der Waals surface area contributed by atoms with Gasteiger partial charge in [-0.15, -0.1) is 0 Å². The van der Waals surface area contributed by atoms with Crippen LogP contribution in [0.25, 0.3) is 144 Å². The lowest BCUT2D eigenvalue weighted by atomic mass is 9.31. The average molecular weight is 1330 g/mol. The number of rotatable bonds is 12. The predicted molar refractivity (Wildman–Crippen MR) is 443 cm³/mol. The van der Waals surface area contributed by atoms with Gasteiger partial charge in [-0.1, -0.05) is 297 Å². The number of benzene rings is 16. The standard InChI is InChI=1S/C100H76B2O2/c1-57(2)67-39-41-85-89(49-67)103-91-51-69(59(5)6)43-83-79-53-78(94-75(65-35-23-13-24-36-65)47-72(62-29-17-10-18-30-62)48-76(94)66-37-25-14-26-38-66)82-56-88-96-80(84-44-70(60(7)8)52-92-100(84)102(88)86-42-40-68(58(3)4)50-90(86)104-92)54-77(81-55-87(101(85)99(83)91)95(79)97(82)98(81)96)93-73(63-31-19-11-20-32-63)45-71(61-27-15-9-16-28-61)46-74(93)64-33-21-12-22-34-64/h9-60H,1-8H3. The molecular weight excluding hydrogens is 1250 g/mol. The van der Waals surface area contributed by atoms with Crippen molar-refractivity contribution in [3.8, 4) is 134 Å². The molecule has 0 unspecified atom stereocenters. The molecule has 0 N–H and O–H groups in total. The Bertz CT molecular complexity index is 5690. The molecule has 0 saturated carbocycles. The molecule has 104 heavy (non-hydrogen) atoms. The van der Waals surface area contributed by atoms with Crippen LogP contribution in [0.5, 0.6) is 23.0 Å². The van der Waals surface area contributed by atoms with Gasteiger partial charge in [0.05, 0.1) is 0 Å². The van der Waals surface area contributed by atoms with E-state index in [0.717, 1.165) is 45.3 Å². The first-order valence-corrected chi connectivity index (χ1v) is 37.4. The fourth-order valence-electron chi connectivity index (χ4n) is 18.2. The highest BCUT2D eigenvalue weighted by atomic mass is 16.5. The van der Waals surface area contributed by atoms with E-state index in [1.165, 1.54) is 176 Å². The number of hydrogen-bond donors (Lipinski definition) is 0. The molecule has 16 aromatic rings. The Balaban J connectivity index is 1.06. The summed E-state index contributed by atoms with van der Waals surface area (Å²) in [5.74, 6) is 4.82. The molecule has 0 amide bonds. The molecule has 0 spiro atoms. The van der Waals surface area contributed by atoms with Crippen molar-refractivity contribution in [2.45, 2.75) is 79.1 Å². The van der Waals surface area contributed by atoms with Crippen molar-refractivity contribution in [2.24, 2.45) is 0 Å². The maximum Gasteiger partial charge on any atom is 0.252 e. The summed E-state index contributed by atoms with van der Waals surface area (Å²) in [4.78, 5) is 0. The lowest BCUT2D eigenvalue weighted by Crippen LogP contribution is -2.58. The van der Waals surface area contributed by atoms with Crippen LogP contribution in [0.4, 0.5) is 0 Å². The van der Waals surface area contributed by atoms with Crippen LogP contribution in [0.15, 0.2) is 291 Å². The minimum Gasteiger partial charge on any atom is -0.458 e. The Hall–Kier alpha value is -11.7. The molecule has 0 aromatic heterocycles. The highest BCUT2D eigenvalue weighted by Gasteiger charge is 2.46. The van der Waals surface area contributed by atoms with Gasteiger partial charge in [0.2, 0.25) is 0 Å². The molecule has 20 rings (SSSR count). The Morgan fingerprint density at radius 1 is 0.212 bits per heavy atom. The second kappa shape index (κ2) is 23.9. The maximum atomic E-state index is 7.53. The molecular formula is C100H76B2O2. The van der Waals surface area contributed by atoms with Crippen LogP contribution in [-0.2, 0) is 0 Å². The second-order valence-electron chi connectivity index (χ2n) is 30.8. The van der Waals surface area contributed by atoms with E-state index in [0.29, 0.717) is 11.8 Å². The molecule has 0 aliphatic carbocycles. The molecule has 0 saturated heterocycles. The zero-order chi connectivity index (χ0) is 69.9. The van der Waals surface area contributed by atoms with Crippen LogP contribution in [0.2, 0.25) is 0 Å². The highest BCUT2D eigenvalue weighted by molar-refractivity contribution is 7.01. The van der Waals surface area contributed by atoms with Crippen molar-refractivity contribution in [1.82, 2.24) is 0 Å². The van der Waals surface area contributed by atoms with Gasteiger partial charge in [-0.05, 0) is 272 Å². The summed E-state index contributed by atoms with van der Waals surface area (Å²) in [6.07, 6.45) is 0. The topological polar surface area (TPSA) is 18.5 Å². The highest BCUT2D eigenvalue weighted by Crippen LogP contribution is 2.56. The van der Waals surface area contributed by atoms with E-state index < -0.39 is 0 Å². The first kappa shape index (κ1) is 62.1. The SMILES string of the molecule is CC(C)c1ccc2c(c1)Oc1cc(C(C)C)cc3c1B2c1cc2c(-c4c(-c5ccccc5)cc(-c5ccccc5)cc4-c4ccccc4)cc4c5c(cc6c(-c7c(-c8ccccc8)cc(-c8ccccc8)cc7-c7ccccc7)cc-3c1c6c25)B1c2ccc(C(C)C)cc2Oc2cc(C(C)C)cc-4c21. The summed E-state index contributed by atoms with van der Waals surface area (Å²) in [5.41, 5.74) is 36.3. The van der Waals surface area contributed by atoms with Crippen molar-refractivity contribution in [3.05, 3.63) is 313 Å². The van der Waals surface area contributed by atoms with Crippen LogP contribution in [-0.4, -0.2) is 13.4 Å². The van der Waals surface area contributed by atoms with Gasteiger partial charge in [0.15, 0.2) is 0 Å². The minimum absolute atomic E-state index is 0.169.